The van der Waals surface area contributed by atoms with Gasteiger partial charge in [-0.15, -0.1) is 5.10 Å². The highest BCUT2D eigenvalue weighted by molar-refractivity contribution is 5.63. The second-order valence-electron chi connectivity index (χ2n) is 6.49. The van der Waals surface area contributed by atoms with Gasteiger partial charge >= 0.3 is 0 Å². The maximum atomic E-state index is 10.6. The molecule has 1 aliphatic carbocycles. The summed E-state index contributed by atoms with van der Waals surface area (Å²) in [5.74, 6) is 0.780. The Morgan fingerprint density at radius 1 is 1.08 bits per heavy atom. The van der Waals surface area contributed by atoms with E-state index in [9.17, 15) is 9.90 Å². The van der Waals surface area contributed by atoms with Crippen LogP contribution in [0.4, 0.5) is 10.6 Å². The number of aromatic nitrogens is 4. The number of hydrogen-bond donors (Lipinski definition) is 2. The summed E-state index contributed by atoms with van der Waals surface area (Å²) in [6.45, 7) is 0. The molecule has 26 heavy (non-hydrogen) atoms. The van der Waals surface area contributed by atoms with Gasteiger partial charge in [-0.05, 0) is 49.9 Å². The van der Waals surface area contributed by atoms with Crippen LogP contribution in [0.5, 0.6) is 0 Å². The third kappa shape index (κ3) is 3.44. The molecule has 3 heterocycles. The number of amides is 1. The number of carbonyl (C=O) groups excluding carboxylic acids is 1. The minimum atomic E-state index is -1.20. The zero-order valence-electron chi connectivity index (χ0n) is 14.1. The first-order valence-electron chi connectivity index (χ1n) is 8.68. The molecule has 3 aromatic rings. The van der Waals surface area contributed by atoms with Gasteiger partial charge in [0.15, 0.2) is 5.65 Å². The van der Waals surface area contributed by atoms with Gasteiger partial charge in [0.2, 0.25) is 0 Å². The number of carbonyl (C=O) groups is 1. The predicted molar refractivity (Wildman–Crippen MR) is 94.4 cm³/mol. The topological polar surface area (TPSA) is 107 Å². The highest BCUT2D eigenvalue weighted by atomic mass is 16.4. The highest BCUT2D eigenvalue weighted by Gasteiger charge is 2.21. The number of hydrogen-bond acceptors (Lipinski definition) is 6. The van der Waals surface area contributed by atoms with Crippen LogP contribution in [0.25, 0.3) is 16.9 Å². The van der Waals surface area contributed by atoms with Crippen LogP contribution in [-0.4, -0.2) is 37.8 Å². The lowest BCUT2D eigenvalue weighted by molar-refractivity contribution is -0.251. The molecule has 1 aliphatic rings. The van der Waals surface area contributed by atoms with E-state index in [2.05, 4.69) is 25.7 Å². The van der Waals surface area contributed by atoms with E-state index in [1.807, 2.05) is 28.8 Å². The lowest BCUT2D eigenvalue weighted by atomic mass is 9.91. The summed E-state index contributed by atoms with van der Waals surface area (Å²) in [5.41, 5.74) is 2.70. The van der Waals surface area contributed by atoms with E-state index in [0.717, 1.165) is 48.4 Å². The molecule has 0 unspecified atom stereocenters. The van der Waals surface area contributed by atoms with Crippen molar-refractivity contribution in [2.45, 2.75) is 37.8 Å². The van der Waals surface area contributed by atoms with E-state index in [-0.39, 0.29) is 12.1 Å². The highest BCUT2D eigenvalue weighted by Crippen LogP contribution is 2.23. The number of nitrogens with one attached hydrogen (secondary N) is 2. The molecule has 134 valence electrons. The second-order valence-corrected chi connectivity index (χ2v) is 6.49. The first-order chi connectivity index (χ1) is 12.7. The van der Waals surface area contributed by atoms with Crippen LogP contribution >= 0.6 is 0 Å². The summed E-state index contributed by atoms with van der Waals surface area (Å²) >= 11 is 0. The van der Waals surface area contributed by atoms with Crippen molar-refractivity contribution in [3.8, 4) is 11.3 Å². The number of rotatable bonds is 4. The normalized spacial score (nSPS) is 20.0. The van der Waals surface area contributed by atoms with Crippen molar-refractivity contribution in [1.82, 2.24) is 24.9 Å². The molecular formula is C18H19N6O2-. The minimum Gasteiger partial charge on any atom is -0.530 e. The molecule has 0 bridgehead atoms. The molecule has 1 saturated carbocycles. The molecule has 3 aromatic heterocycles. The van der Waals surface area contributed by atoms with Gasteiger partial charge in [-0.25, -0.2) is 9.50 Å². The molecule has 1 amide bonds. The van der Waals surface area contributed by atoms with Crippen LogP contribution < -0.4 is 15.7 Å². The molecule has 0 saturated heterocycles. The Morgan fingerprint density at radius 3 is 2.54 bits per heavy atom. The molecule has 0 aliphatic heterocycles. The Balaban J connectivity index is 1.49. The average molecular weight is 351 g/mol. The monoisotopic (exact) mass is 351 g/mol. The Hall–Kier alpha value is -3.16. The zero-order valence-corrected chi connectivity index (χ0v) is 14.1. The minimum absolute atomic E-state index is 0.0135. The summed E-state index contributed by atoms with van der Waals surface area (Å²) in [4.78, 5) is 19.1. The molecule has 8 heteroatoms. The standard InChI is InChI=1S/C18H20N6O2/c25-18(26)22-14-3-1-13(2-4-14)21-16-5-6-17-20-11-15(24(17)23-16)12-7-9-19-10-8-12/h5-11,13-14,22H,1-4H2,(H,21,23)(H,25,26)/p-1. The number of carboxylic acid groups (broad SMARTS) is 1. The molecule has 0 atom stereocenters. The van der Waals surface area contributed by atoms with Crippen LogP contribution in [-0.2, 0) is 0 Å². The van der Waals surface area contributed by atoms with Gasteiger partial charge < -0.3 is 20.5 Å². The quantitative estimate of drug-likeness (QED) is 0.737. The fourth-order valence-corrected chi connectivity index (χ4v) is 3.43. The molecular weight excluding hydrogens is 332 g/mol. The number of anilines is 1. The van der Waals surface area contributed by atoms with E-state index < -0.39 is 6.09 Å². The number of pyridine rings is 1. The molecule has 1 fully saturated rings. The second kappa shape index (κ2) is 6.99. The van der Waals surface area contributed by atoms with Crippen molar-refractivity contribution in [1.29, 1.82) is 0 Å². The predicted octanol–water partition coefficient (Wildman–Crippen LogP) is 1.45. The molecule has 8 nitrogen and oxygen atoms in total. The summed E-state index contributed by atoms with van der Waals surface area (Å²) in [7, 11) is 0. The molecule has 4 rings (SSSR count). The van der Waals surface area contributed by atoms with Gasteiger partial charge in [0.1, 0.15) is 11.9 Å². The molecule has 0 spiro atoms. The van der Waals surface area contributed by atoms with Crippen molar-refractivity contribution in [3.63, 3.8) is 0 Å². The largest absolute Gasteiger partial charge is 0.530 e. The Labute approximate surface area is 150 Å². The Morgan fingerprint density at radius 2 is 1.81 bits per heavy atom. The van der Waals surface area contributed by atoms with Crippen LogP contribution in [0.1, 0.15) is 25.7 Å². The first kappa shape index (κ1) is 16.3. The Kier molecular flexibility index (Phi) is 4.39. The van der Waals surface area contributed by atoms with Crippen LogP contribution in [0, 0.1) is 0 Å². The maximum Gasteiger partial charge on any atom is 0.154 e. The lowest BCUT2D eigenvalue weighted by Gasteiger charge is -2.30. The Bertz CT molecular complexity index is 902. The van der Waals surface area contributed by atoms with Gasteiger partial charge in [-0.3, -0.25) is 4.98 Å². The maximum absolute atomic E-state index is 10.6. The summed E-state index contributed by atoms with van der Waals surface area (Å²) in [5, 5.41) is 21.2. The van der Waals surface area contributed by atoms with Gasteiger partial charge in [0, 0.05) is 30.0 Å². The van der Waals surface area contributed by atoms with E-state index in [4.69, 9.17) is 0 Å². The van der Waals surface area contributed by atoms with Gasteiger partial charge in [-0.2, -0.15) is 0 Å². The fourth-order valence-electron chi connectivity index (χ4n) is 3.43. The summed E-state index contributed by atoms with van der Waals surface area (Å²) < 4.78 is 1.82. The van der Waals surface area contributed by atoms with Crippen molar-refractivity contribution in [3.05, 3.63) is 42.9 Å². The van der Waals surface area contributed by atoms with Crippen molar-refractivity contribution in [2.24, 2.45) is 0 Å². The third-order valence-corrected chi connectivity index (χ3v) is 4.74. The van der Waals surface area contributed by atoms with Gasteiger partial charge in [0.05, 0.1) is 11.9 Å². The van der Waals surface area contributed by atoms with Crippen molar-refractivity contribution in [2.75, 3.05) is 5.32 Å². The van der Waals surface area contributed by atoms with Crippen LogP contribution in [0.3, 0.4) is 0 Å². The van der Waals surface area contributed by atoms with E-state index in [1.165, 1.54) is 0 Å². The number of fused-ring (bicyclic) bond motifs is 1. The fraction of sp³-hybridized carbons (Fsp3) is 0.333. The first-order valence-corrected chi connectivity index (χ1v) is 8.68. The van der Waals surface area contributed by atoms with Gasteiger partial charge in [0.25, 0.3) is 0 Å². The third-order valence-electron chi connectivity index (χ3n) is 4.74. The number of imidazole rings is 1. The van der Waals surface area contributed by atoms with Crippen LogP contribution in [0.2, 0.25) is 0 Å². The van der Waals surface area contributed by atoms with Crippen molar-refractivity contribution >= 4 is 17.6 Å². The SMILES string of the molecule is O=C([O-])NC1CCC(Nc2ccc3ncc(-c4ccncc4)n3n2)CC1. The lowest BCUT2D eigenvalue weighted by Crippen LogP contribution is -2.45. The van der Waals surface area contributed by atoms with E-state index in [1.54, 1.807) is 18.6 Å². The molecule has 0 aromatic carbocycles. The van der Waals surface area contributed by atoms with E-state index >= 15 is 0 Å². The molecule has 2 N–H and O–H groups in total. The van der Waals surface area contributed by atoms with Crippen LogP contribution in [0.15, 0.2) is 42.9 Å². The van der Waals surface area contributed by atoms with Gasteiger partial charge in [-0.1, -0.05) is 0 Å². The average Bonchev–Trinajstić information content (AvgIpc) is 3.07. The zero-order chi connectivity index (χ0) is 17.9. The summed E-state index contributed by atoms with van der Waals surface area (Å²) in [6, 6.07) is 7.97. The summed E-state index contributed by atoms with van der Waals surface area (Å²) in [6.07, 6.45) is 7.45. The molecule has 0 radical (unpaired) electrons. The van der Waals surface area contributed by atoms with E-state index in [0.29, 0.717) is 0 Å². The smallest absolute Gasteiger partial charge is 0.154 e. The van der Waals surface area contributed by atoms with Crippen molar-refractivity contribution < 1.29 is 9.90 Å². The number of nitrogens with zero attached hydrogens (tertiary/aromatic N) is 4.